The second-order valence-electron chi connectivity index (χ2n) is 4.00. The Bertz CT molecular complexity index is 718. The minimum absolute atomic E-state index is 0.0897. The predicted molar refractivity (Wildman–Crippen MR) is 76.9 cm³/mol. The van der Waals surface area contributed by atoms with Crippen LogP contribution in [0.5, 0.6) is 0 Å². The van der Waals surface area contributed by atoms with Gasteiger partial charge in [0.15, 0.2) is 0 Å². The van der Waals surface area contributed by atoms with E-state index < -0.39 is 17.6 Å². The Hall–Kier alpha value is -2.54. The molecule has 0 spiro atoms. The average Bonchev–Trinajstić information content (AvgIpc) is 2.84. The lowest BCUT2D eigenvalue weighted by Gasteiger charge is -2.05. The first-order chi connectivity index (χ1) is 10.0. The quantitative estimate of drug-likeness (QED) is 0.849. The number of halogens is 1. The number of hydrogen-bond donors (Lipinski definition) is 2. The SMILES string of the molecule is CCOC(=O)c1cc(=O)n(C(=O)Nc2ccc(Cl)cc2)[nH]1. The van der Waals surface area contributed by atoms with Gasteiger partial charge in [-0.05, 0) is 31.2 Å². The first kappa shape index (κ1) is 14.9. The summed E-state index contributed by atoms with van der Waals surface area (Å²) in [6, 6.07) is 6.63. The van der Waals surface area contributed by atoms with Crippen LogP contribution in [0.25, 0.3) is 0 Å². The Morgan fingerprint density at radius 2 is 2.00 bits per heavy atom. The molecule has 0 aliphatic heterocycles. The van der Waals surface area contributed by atoms with Crippen LogP contribution in [0.2, 0.25) is 5.02 Å². The number of benzene rings is 1. The fourth-order valence-electron chi connectivity index (χ4n) is 1.57. The van der Waals surface area contributed by atoms with Crippen molar-refractivity contribution in [2.75, 3.05) is 11.9 Å². The molecule has 8 heteroatoms. The van der Waals surface area contributed by atoms with Gasteiger partial charge in [0, 0.05) is 16.8 Å². The molecule has 1 heterocycles. The maximum absolute atomic E-state index is 11.9. The van der Waals surface area contributed by atoms with Crippen molar-refractivity contribution >= 4 is 29.3 Å². The van der Waals surface area contributed by atoms with E-state index in [0.29, 0.717) is 15.4 Å². The van der Waals surface area contributed by atoms with E-state index in [1.165, 1.54) is 0 Å². The third-order valence-corrected chi connectivity index (χ3v) is 2.77. The van der Waals surface area contributed by atoms with Gasteiger partial charge in [0.1, 0.15) is 5.69 Å². The number of esters is 1. The van der Waals surface area contributed by atoms with Gasteiger partial charge < -0.3 is 10.1 Å². The van der Waals surface area contributed by atoms with E-state index >= 15 is 0 Å². The van der Waals surface area contributed by atoms with Crippen molar-refractivity contribution in [1.82, 2.24) is 9.78 Å². The summed E-state index contributed by atoms with van der Waals surface area (Å²) in [6.45, 7) is 1.81. The molecule has 0 fully saturated rings. The van der Waals surface area contributed by atoms with Crippen molar-refractivity contribution in [2.45, 2.75) is 6.92 Å². The van der Waals surface area contributed by atoms with Crippen molar-refractivity contribution < 1.29 is 14.3 Å². The van der Waals surface area contributed by atoms with Gasteiger partial charge >= 0.3 is 12.0 Å². The fourth-order valence-corrected chi connectivity index (χ4v) is 1.70. The number of ether oxygens (including phenoxy) is 1. The number of H-pyrrole nitrogens is 1. The minimum atomic E-state index is -0.724. The number of anilines is 1. The van der Waals surface area contributed by atoms with Crippen LogP contribution in [0.1, 0.15) is 17.4 Å². The van der Waals surface area contributed by atoms with E-state index in [9.17, 15) is 14.4 Å². The van der Waals surface area contributed by atoms with Crippen LogP contribution in [0.4, 0.5) is 10.5 Å². The number of carbonyl (C=O) groups is 2. The molecule has 1 amide bonds. The van der Waals surface area contributed by atoms with Gasteiger partial charge in [-0.1, -0.05) is 11.6 Å². The third kappa shape index (κ3) is 3.51. The predicted octanol–water partition coefficient (Wildman–Crippen LogP) is 2.09. The van der Waals surface area contributed by atoms with Gasteiger partial charge in [0.05, 0.1) is 6.61 Å². The third-order valence-electron chi connectivity index (χ3n) is 2.51. The summed E-state index contributed by atoms with van der Waals surface area (Å²) in [5.74, 6) is -0.701. The Labute approximate surface area is 124 Å². The molecule has 0 radical (unpaired) electrons. The first-order valence-corrected chi connectivity index (χ1v) is 6.45. The van der Waals surface area contributed by atoms with Crippen molar-refractivity contribution in [1.29, 1.82) is 0 Å². The highest BCUT2D eigenvalue weighted by Crippen LogP contribution is 2.13. The molecule has 1 aromatic carbocycles. The van der Waals surface area contributed by atoms with Crippen LogP contribution >= 0.6 is 11.6 Å². The lowest BCUT2D eigenvalue weighted by atomic mass is 10.3. The molecule has 0 saturated carbocycles. The molecule has 0 saturated heterocycles. The monoisotopic (exact) mass is 309 g/mol. The standard InChI is InChI=1S/C13H12ClN3O4/c1-2-21-12(19)10-7-11(18)17(16-10)13(20)15-9-5-3-8(14)4-6-9/h3-7,16H,2H2,1H3,(H,15,20). The zero-order valence-electron chi connectivity index (χ0n) is 11.1. The van der Waals surface area contributed by atoms with Crippen molar-refractivity contribution in [3.8, 4) is 0 Å². The fraction of sp³-hybridized carbons (Fsp3) is 0.154. The van der Waals surface area contributed by atoms with E-state index in [-0.39, 0.29) is 12.3 Å². The maximum atomic E-state index is 11.9. The highest BCUT2D eigenvalue weighted by atomic mass is 35.5. The number of rotatable bonds is 3. The highest BCUT2D eigenvalue weighted by Gasteiger charge is 2.16. The Balaban J connectivity index is 2.18. The van der Waals surface area contributed by atoms with E-state index in [4.69, 9.17) is 16.3 Å². The molecule has 110 valence electrons. The summed E-state index contributed by atoms with van der Waals surface area (Å²) in [5, 5.41) is 5.40. The molecule has 7 nitrogen and oxygen atoms in total. The number of nitrogens with one attached hydrogen (secondary N) is 2. The van der Waals surface area contributed by atoms with Gasteiger partial charge in [-0.15, -0.1) is 0 Å². The highest BCUT2D eigenvalue weighted by molar-refractivity contribution is 6.30. The van der Waals surface area contributed by atoms with Crippen LogP contribution in [0.15, 0.2) is 35.1 Å². The van der Waals surface area contributed by atoms with E-state index in [1.807, 2.05) is 0 Å². The number of carbonyl (C=O) groups excluding carboxylic acids is 2. The van der Waals surface area contributed by atoms with Crippen LogP contribution < -0.4 is 10.9 Å². The molecule has 0 bridgehead atoms. The molecule has 2 aromatic rings. The lowest BCUT2D eigenvalue weighted by Crippen LogP contribution is -2.29. The zero-order chi connectivity index (χ0) is 15.4. The molecule has 1 aromatic heterocycles. The van der Waals surface area contributed by atoms with Crippen molar-refractivity contribution in [3.05, 3.63) is 51.4 Å². The Morgan fingerprint density at radius 1 is 1.33 bits per heavy atom. The molecule has 2 rings (SSSR count). The number of amides is 1. The normalized spacial score (nSPS) is 10.2. The summed E-state index contributed by atoms with van der Waals surface area (Å²) in [5.41, 5.74) is -0.291. The van der Waals surface area contributed by atoms with Crippen LogP contribution in [-0.2, 0) is 4.74 Å². The molecule has 0 atom stereocenters. The van der Waals surface area contributed by atoms with E-state index in [1.54, 1.807) is 31.2 Å². The van der Waals surface area contributed by atoms with Crippen molar-refractivity contribution in [2.24, 2.45) is 0 Å². The second-order valence-corrected chi connectivity index (χ2v) is 4.44. The van der Waals surface area contributed by atoms with Gasteiger partial charge in [-0.25, -0.2) is 9.59 Å². The summed E-state index contributed by atoms with van der Waals surface area (Å²) in [7, 11) is 0. The molecular formula is C13H12ClN3O4. The topological polar surface area (TPSA) is 93.2 Å². The number of hydrogen-bond acceptors (Lipinski definition) is 4. The second kappa shape index (κ2) is 6.27. The van der Waals surface area contributed by atoms with Crippen molar-refractivity contribution in [3.63, 3.8) is 0 Å². The van der Waals surface area contributed by atoms with E-state index in [2.05, 4.69) is 10.4 Å². The van der Waals surface area contributed by atoms with E-state index in [0.717, 1.165) is 6.07 Å². The smallest absolute Gasteiger partial charge is 0.356 e. The molecule has 21 heavy (non-hydrogen) atoms. The largest absolute Gasteiger partial charge is 0.461 e. The lowest BCUT2D eigenvalue weighted by molar-refractivity contribution is 0.0519. The molecule has 0 unspecified atom stereocenters. The van der Waals surface area contributed by atoms with Gasteiger partial charge in [-0.2, -0.15) is 4.68 Å². The Kier molecular flexibility index (Phi) is 4.44. The van der Waals surface area contributed by atoms with Gasteiger partial charge in [0.25, 0.3) is 5.56 Å². The van der Waals surface area contributed by atoms with Gasteiger partial charge in [-0.3, -0.25) is 9.89 Å². The average molecular weight is 310 g/mol. The maximum Gasteiger partial charge on any atom is 0.356 e. The van der Waals surface area contributed by atoms with Crippen LogP contribution in [0, 0.1) is 0 Å². The summed E-state index contributed by atoms with van der Waals surface area (Å²) in [6.07, 6.45) is 0. The molecular weight excluding hydrogens is 298 g/mol. The summed E-state index contributed by atoms with van der Waals surface area (Å²) < 4.78 is 5.42. The Morgan fingerprint density at radius 3 is 2.62 bits per heavy atom. The van der Waals surface area contributed by atoms with Crippen LogP contribution in [-0.4, -0.2) is 28.4 Å². The number of nitrogens with zero attached hydrogens (tertiary/aromatic N) is 1. The van der Waals surface area contributed by atoms with Gasteiger partial charge in [0.2, 0.25) is 0 Å². The number of aromatic amines is 1. The first-order valence-electron chi connectivity index (χ1n) is 6.07. The minimum Gasteiger partial charge on any atom is -0.461 e. The summed E-state index contributed by atoms with van der Waals surface area (Å²) >= 11 is 5.73. The molecule has 0 aliphatic carbocycles. The molecule has 0 aliphatic rings. The molecule has 2 N–H and O–H groups in total. The zero-order valence-corrected chi connectivity index (χ0v) is 11.8. The van der Waals surface area contributed by atoms with Crippen LogP contribution in [0.3, 0.4) is 0 Å². The number of aromatic nitrogens is 2. The summed E-state index contributed by atoms with van der Waals surface area (Å²) in [4.78, 5) is 35.1.